The van der Waals surface area contributed by atoms with Crippen molar-refractivity contribution in [1.29, 1.82) is 0 Å². The Hall–Kier alpha value is -3.13. The first kappa shape index (κ1) is 18.2. The van der Waals surface area contributed by atoms with Crippen LogP contribution in [0.25, 0.3) is 16.6 Å². The minimum Gasteiger partial charge on any atom is -0.494 e. The van der Waals surface area contributed by atoms with E-state index < -0.39 is 0 Å². The molecule has 1 unspecified atom stereocenters. The van der Waals surface area contributed by atoms with Crippen LogP contribution >= 0.6 is 11.8 Å². The van der Waals surface area contributed by atoms with Gasteiger partial charge in [0.15, 0.2) is 5.78 Å². The molecule has 0 radical (unpaired) electrons. The molecule has 2 aromatic carbocycles. The van der Waals surface area contributed by atoms with Crippen LogP contribution in [0, 0.1) is 6.92 Å². The number of hydrogen-bond acceptors (Lipinski definition) is 6. The lowest BCUT2D eigenvalue weighted by Crippen LogP contribution is -2.15. The first-order valence-electron chi connectivity index (χ1n) is 8.80. The van der Waals surface area contributed by atoms with Crippen molar-refractivity contribution in [2.45, 2.75) is 24.3 Å². The smallest absolute Gasteiger partial charge is 0.214 e. The van der Waals surface area contributed by atoms with E-state index in [0.717, 1.165) is 22.3 Å². The van der Waals surface area contributed by atoms with E-state index in [1.54, 1.807) is 11.8 Å². The minimum absolute atomic E-state index is 0.0366. The van der Waals surface area contributed by atoms with E-state index in [-0.39, 0.29) is 11.0 Å². The minimum atomic E-state index is -0.364. The number of aryl methyl sites for hydroxylation is 1. The Morgan fingerprint density at radius 1 is 1.18 bits per heavy atom. The van der Waals surface area contributed by atoms with Gasteiger partial charge in [-0.1, -0.05) is 42.1 Å². The Morgan fingerprint density at radius 2 is 1.93 bits per heavy atom. The molecular weight excluding hydrogens is 374 g/mol. The van der Waals surface area contributed by atoms with Gasteiger partial charge in [-0.05, 0) is 42.5 Å². The number of H-pyrrole nitrogens is 1. The van der Waals surface area contributed by atoms with Gasteiger partial charge in [0.25, 0.3) is 0 Å². The van der Waals surface area contributed by atoms with Crippen molar-refractivity contribution in [3.8, 4) is 11.4 Å². The monoisotopic (exact) mass is 393 g/mol. The maximum atomic E-state index is 13.2. The number of Topliss-reactive ketones (excluding diaryl/α,β-unsaturated/α-hetero) is 1. The third-order valence-corrected chi connectivity index (χ3v) is 5.58. The fourth-order valence-corrected chi connectivity index (χ4v) is 4.08. The van der Waals surface area contributed by atoms with E-state index in [2.05, 4.69) is 20.5 Å². The average Bonchev–Trinajstić information content (AvgIpc) is 3.30. The number of carbonyl (C=O) groups excluding carboxylic acids is 1. The number of aromatic nitrogens is 5. The van der Waals surface area contributed by atoms with Crippen LogP contribution in [-0.2, 0) is 0 Å². The number of nitrogens with zero attached hydrogens (tertiary/aromatic N) is 4. The van der Waals surface area contributed by atoms with Gasteiger partial charge < -0.3 is 9.72 Å². The first-order valence-corrected chi connectivity index (χ1v) is 9.68. The van der Waals surface area contributed by atoms with Crippen LogP contribution < -0.4 is 4.74 Å². The fraction of sp³-hybridized carbons (Fsp3) is 0.200. The number of rotatable bonds is 6. The number of ketones is 1. The van der Waals surface area contributed by atoms with E-state index in [9.17, 15) is 4.79 Å². The molecule has 0 aliphatic rings. The summed E-state index contributed by atoms with van der Waals surface area (Å²) in [5.74, 6) is 0.692. The van der Waals surface area contributed by atoms with E-state index in [0.29, 0.717) is 16.5 Å². The van der Waals surface area contributed by atoms with E-state index in [1.165, 1.54) is 11.8 Å². The summed E-state index contributed by atoms with van der Waals surface area (Å²) in [4.78, 5) is 16.5. The van der Waals surface area contributed by atoms with Gasteiger partial charge in [-0.2, -0.15) is 4.68 Å². The zero-order valence-corrected chi connectivity index (χ0v) is 16.5. The van der Waals surface area contributed by atoms with Crippen molar-refractivity contribution >= 4 is 28.4 Å². The van der Waals surface area contributed by atoms with Crippen LogP contribution in [0.5, 0.6) is 5.75 Å². The molecule has 0 aliphatic heterocycles. The summed E-state index contributed by atoms with van der Waals surface area (Å²) in [5, 5.41) is 13.1. The number of ether oxygens (including phenoxy) is 1. The van der Waals surface area contributed by atoms with Crippen LogP contribution in [0.4, 0.5) is 0 Å². The fourth-order valence-electron chi connectivity index (χ4n) is 3.22. The Labute approximate surface area is 166 Å². The molecule has 28 heavy (non-hydrogen) atoms. The van der Waals surface area contributed by atoms with Crippen molar-refractivity contribution < 1.29 is 9.53 Å². The van der Waals surface area contributed by atoms with Gasteiger partial charge in [0.1, 0.15) is 11.4 Å². The van der Waals surface area contributed by atoms with E-state index in [1.807, 2.05) is 62.4 Å². The molecule has 0 spiro atoms. The molecule has 142 valence electrons. The number of nitrogens with one attached hydrogen (secondary N) is 1. The van der Waals surface area contributed by atoms with Crippen LogP contribution in [0.3, 0.4) is 0 Å². The molecule has 0 amide bonds. The van der Waals surface area contributed by atoms with Crippen LogP contribution in [0.15, 0.2) is 53.7 Å². The number of tetrazole rings is 1. The number of thioether (sulfide) groups is 1. The SMILES string of the molecule is COc1ccccc1-n1nnnc1SC(C)C(=O)c1c(C)[nH]c2ccccc12. The highest BCUT2D eigenvalue weighted by Crippen LogP contribution is 2.31. The summed E-state index contributed by atoms with van der Waals surface area (Å²) in [7, 11) is 1.60. The summed E-state index contributed by atoms with van der Waals surface area (Å²) in [5.41, 5.74) is 3.26. The summed E-state index contributed by atoms with van der Waals surface area (Å²) in [6, 6.07) is 15.3. The van der Waals surface area contributed by atoms with Crippen molar-refractivity contribution in [3.63, 3.8) is 0 Å². The summed E-state index contributed by atoms with van der Waals surface area (Å²) < 4.78 is 7.00. The number of aromatic amines is 1. The van der Waals surface area contributed by atoms with Gasteiger partial charge in [0, 0.05) is 22.2 Å². The number of fused-ring (bicyclic) bond motifs is 1. The molecule has 0 bridgehead atoms. The van der Waals surface area contributed by atoms with Crippen LogP contribution in [-0.4, -0.2) is 43.3 Å². The summed E-state index contributed by atoms with van der Waals surface area (Å²) >= 11 is 1.32. The van der Waals surface area contributed by atoms with Gasteiger partial charge >= 0.3 is 0 Å². The largest absolute Gasteiger partial charge is 0.494 e. The molecule has 0 aliphatic carbocycles. The number of para-hydroxylation sites is 3. The number of methoxy groups -OCH3 is 1. The average molecular weight is 393 g/mol. The van der Waals surface area contributed by atoms with Crippen molar-refractivity contribution in [2.75, 3.05) is 7.11 Å². The predicted molar refractivity (Wildman–Crippen MR) is 108 cm³/mol. The molecule has 0 saturated heterocycles. The van der Waals surface area contributed by atoms with Gasteiger partial charge in [0.2, 0.25) is 5.16 Å². The highest BCUT2D eigenvalue weighted by Gasteiger charge is 2.25. The molecule has 0 saturated carbocycles. The lowest BCUT2D eigenvalue weighted by Gasteiger charge is -2.12. The van der Waals surface area contributed by atoms with Crippen molar-refractivity contribution in [2.24, 2.45) is 0 Å². The number of hydrogen-bond donors (Lipinski definition) is 1. The standard InChI is InChI=1S/C20H19N5O2S/c1-12-18(14-8-4-5-9-15(14)21-12)19(26)13(2)28-20-22-23-24-25(20)16-10-6-7-11-17(16)27-3/h4-11,13,21H,1-3H3. The lowest BCUT2D eigenvalue weighted by molar-refractivity contribution is 0.0995. The van der Waals surface area contributed by atoms with Gasteiger partial charge in [-0.3, -0.25) is 4.79 Å². The first-order chi connectivity index (χ1) is 13.6. The molecule has 0 fully saturated rings. The maximum Gasteiger partial charge on any atom is 0.214 e. The highest BCUT2D eigenvalue weighted by molar-refractivity contribution is 8.00. The number of carbonyl (C=O) groups is 1. The normalized spacial score (nSPS) is 12.2. The molecule has 1 atom stereocenters. The molecule has 1 N–H and O–H groups in total. The van der Waals surface area contributed by atoms with Gasteiger partial charge in [-0.15, -0.1) is 5.10 Å². The Morgan fingerprint density at radius 3 is 2.75 bits per heavy atom. The zero-order valence-electron chi connectivity index (χ0n) is 15.7. The molecular formula is C20H19N5O2S. The Bertz CT molecular complexity index is 1150. The summed E-state index contributed by atoms with van der Waals surface area (Å²) in [6.07, 6.45) is 0. The lowest BCUT2D eigenvalue weighted by atomic mass is 10.1. The third kappa shape index (κ3) is 3.16. The second kappa shape index (κ2) is 7.47. The van der Waals surface area contributed by atoms with E-state index >= 15 is 0 Å². The Kier molecular flexibility index (Phi) is 4.87. The van der Waals surface area contributed by atoms with Gasteiger partial charge in [-0.25, -0.2) is 0 Å². The quantitative estimate of drug-likeness (QED) is 0.396. The maximum absolute atomic E-state index is 13.2. The molecule has 4 aromatic rings. The molecule has 2 heterocycles. The topological polar surface area (TPSA) is 85.7 Å². The van der Waals surface area contributed by atoms with E-state index in [4.69, 9.17) is 4.74 Å². The molecule has 7 nitrogen and oxygen atoms in total. The molecule has 8 heteroatoms. The van der Waals surface area contributed by atoms with Crippen molar-refractivity contribution in [3.05, 3.63) is 59.8 Å². The summed E-state index contributed by atoms with van der Waals surface area (Å²) in [6.45, 7) is 3.79. The third-order valence-electron chi connectivity index (χ3n) is 4.55. The second-order valence-corrected chi connectivity index (χ2v) is 7.65. The van der Waals surface area contributed by atoms with Crippen molar-refractivity contribution in [1.82, 2.24) is 25.2 Å². The molecule has 4 rings (SSSR count). The van der Waals surface area contributed by atoms with Gasteiger partial charge in [0.05, 0.1) is 12.4 Å². The highest BCUT2D eigenvalue weighted by atomic mass is 32.2. The van der Waals surface area contributed by atoms with Crippen LogP contribution in [0.1, 0.15) is 23.0 Å². The second-order valence-electron chi connectivity index (χ2n) is 6.34. The zero-order chi connectivity index (χ0) is 19.7. The van der Waals surface area contributed by atoms with Crippen LogP contribution in [0.2, 0.25) is 0 Å². The number of benzene rings is 2. The molecule has 2 aromatic heterocycles. The predicted octanol–water partition coefficient (Wildman–Crippen LogP) is 3.82. The Balaban J connectivity index is 1.65.